The number of carboxylic acid groups (broad SMARTS) is 1. The number of aromatic carboxylic acids is 1. The molecule has 0 aromatic heterocycles. The fourth-order valence-corrected chi connectivity index (χ4v) is 1.95. The third-order valence-electron chi connectivity index (χ3n) is 3.58. The molecule has 7 N–H and O–H groups in total. The molecule has 1 aromatic rings. The van der Waals surface area contributed by atoms with Crippen molar-refractivity contribution in [1.29, 1.82) is 0 Å². The normalized spacial score (nSPS) is 15.6. The highest BCUT2D eigenvalue weighted by Gasteiger charge is 2.63. The molecule has 1 aliphatic carbocycles. The summed E-state index contributed by atoms with van der Waals surface area (Å²) < 4.78 is 38.1. The molecule has 6 nitrogen and oxygen atoms in total. The van der Waals surface area contributed by atoms with Gasteiger partial charge in [-0.05, 0) is 25.0 Å². The number of halogens is 3. The monoisotopic (exact) mass is 319 g/mol. The highest BCUT2D eigenvalue weighted by Crippen LogP contribution is 2.57. The van der Waals surface area contributed by atoms with Gasteiger partial charge >= 0.3 is 6.18 Å². The van der Waals surface area contributed by atoms with Crippen molar-refractivity contribution in [2.75, 3.05) is 12.3 Å². The van der Waals surface area contributed by atoms with Crippen molar-refractivity contribution in [2.24, 2.45) is 5.41 Å². The summed E-state index contributed by atoms with van der Waals surface area (Å²) in [5, 5.41) is 12.9. The Labute approximate surface area is 124 Å². The summed E-state index contributed by atoms with van der Waals surface area (Å²) in [4.78, 5) is 22.4. The van der Waals surface area contributed by atoms with Crippen LogP contribution in [0.25, 0.3) is 0 Å². The lowest BCUT2D eigenvalue weighted by atomic mass is 10.1. The van der Waals surface area contributed by atoms with Gasteiger partial charge in [-0.2, -0.15) is 13.2 Å². The van der Waals surface area contributed by atoms with Crippen LogP contribution in [0.1, 0.15) is 33.6 Å². The number of hydrogen-bond donors (Lipinski definition) is 3. The number of carboxylic acids is 1. The summed E-state index contributed by atoms with van der Waals surface area (Å²) in [5.74, 6) is -2.23. The second-order valence-corrected chi connectivity index (χ2v) is 5.05. The van der Waals surface area contributed by atoms with Crippen LogP contribution in [0, 0.1) is 5.41 Å². The van der Waals surface area contributed by atoms with Crippen LogP contribution in [0.2, 0.25) is 0 Å². The molecule has 0 radical (unpaired) electrons. The van der Waals surface area contributed by atoms with E-state index >= 15 is 0 Å². The summed E-state index contributed by atoms with van der Waals surface area (Å²) >= 11 is 0. The second kappa shape index (κ2) is 5.84. The van der Waals surface area contributed by atoms with E-state index in [0.29, 0.717) is 0 Å². The van der Waals surface area contributed by atoms with Crippen LogP contribution in [-0.4, -0.2) is 24.6 Å². The summed E-state index contributed by atoms with van der Waals surface area (Å²) in [7, 11) is 0. The van der Waals surface area contributed by atoms with E-state index in [-0.39, 0.29) is 35.8 Å². The number of nitrogens with one attached hydrogen (secondary N) is 1. The summed E-state index contributed by atoms with van der Waals surface area (Å²) in [6.45, 7) is -0.503. The molecule has 0 atom stereocenters. The molecule has 0 unspecified atom stereocenters. The van der Waals surface area contributed by atoms with E-state index in [0.717, 1.165) is 12.1 Å². The first-order valence-electron chi connectivity index (χ1n) is 6.12. The third-order valence-corrected chi connectivity index (χ3v) is 3.58. The van der Waals surface area contributed by atoms with Gasteiger partial charge in [0.2, 0.25) is 0 Å². The molecule has 9 heteroatoms. The van der Waals surface area contributed by atoms with Crippen LogP contribution < -0.4 is 22.3 Å². The first-order valence-corrected chi connectivity index (χ1v) is 6.12. The number of nitrogens with two attached hydrogens (primary N) is 1. The number of amides is 1. The predicted octanol–water partition coefficient (Wildman–Crippen LogP) is 1.08. The van der Waals surface area contributed by atoms with E-state index in [4.69, 9.17) is 5.73 Å². The van der Waals surface area contributed by atoms with Crippen LogP contribution >= 0.6 is 0 Å². The molecule has 1 aliphatic rings. The largest absolute Gasteiger partial charge is 0.545 e. The van der Waals surface area contributed by atoms with Gasteiger partial charge in [0.1, 0.15) is 0 Å². The van der Waals surface area contributed by atoms with Crippen molar-refractivity contribution in [3.05, 3.63) is 29.3 Å². The van der Waals surface area contributed by atoms with Gasteiger partial charge in [-0.1, -0.05) is 6.07 Å². The molecular weight excluding hydrogens is 303 g/mol. The lowest BCUT2D eigenvalue weighted by Crippen LogP contribution is -2.38. The zero-order valence-electron chi connectivity index (χ0n) is 11.8. The van der Waals surface area contributed by atoms with Crippen LogP contribution in [0.4, 0.5) is 18.9 Å². The van der Waals surface area contributed by atoms with Crippen molar-refractivity contribution in [2.45, 2.75) is 19.0 Å². The van der Waals surface area contributed by atoms with E-state index in [1.54, 1.807) is 0 Å². The number of hydrogen-bond acceptors (Lipinski definition) is 4. The van der Waals surface area contributed by atoms with Gasteiger partial charge in [0.25, 0.3) is 5.91 Å². The Morgan fingerprint density at radius 1 is 1.32 bits per heavy atom. The zero-order valence-corrected chi connectivity index (χ0v) is 11.8. The molecule has 0 bridgehead atoms. The molecule has 0 saturated heterocycles. The van der Waals surface area contributed by atoms with Crippen molar-refractivity contribution >= 4 is 17.6 Å². The first kappa shape index (κ1) is 17.8. The zero-order chi connectivity index (χ0) is 15.8. The number of quaternary nitrogens is 1. The second-order valence-electron chi connectivity index (χ2n) is 5.05. The van der Waals surface area contributed by atoms with Crippen molar-refractivity contribution in [3.8, 4) is 0 Å². The van der Waals surface area contributed by atoms with E-state index in [1.807, 2.05) is 0 Å². The van der Waals surface area contributed by atoms with Gasteiger partial charge in [-0.15, -0.1) is 0 Å². The number of carbonyl (C=O) groups excluding carboxylic acids is 2. The van der Waals surface area contributed by atoms with E-state index < -0.39 is 30.0 Å². The molecule has 1 fully saturated rings. The SMILES string of the molecule is Nc1cc(C(=O)NCC2(C(F)(F)F)CC2)ccc1C(=O)[O-].[NH4+]. The Morgan fingerprint density at radius 3 is 2.32 bits per heavy atom. The maximum Gasteiger partial charge on any atom is 0.396 e. The molecule has 1 amide bonds. The Kier molecular flexibility index (Phi) is 4.71. The lowest BCUT2D eigenvalue weighted by molar-refractivity contribution is -0.254. The van der Waals surface area contributed by atoms with Gasteiger partial charge < -0.3 is 27.1 Å². The topological polar surface area (TPSA) is 132 Å². The molecule has 2 rings (SSSR count). The Morgan fingerprint density at radius 2 is 1.91 bits per heavy atom. The Bertz CT molecular complexity index is 598. The van der Waals surface area contributed by atoms with Gasteiger partial charge in [-0.25, -0.2) is 0 Å². The molecule has 122 valence electrons. The van der Waals surface area contributed by atoms with E-state index in [1.165, 1.54) is 6.07 Å². The quantitative estimate of drug-likeness (QED) is 0.716. The van der Waals surface area contributed by atoms with Crippen molar-refractivity contribution in [3.63, 3.8) is 0 Å². The lowest BCUT2D eigenvalue weighted by Gasteiger charge is -2.19. The molecule has 22 heavy (non-hydrogen) atoms. The van der Waals surface area contributed by atoms with Crippen LogP contribution in [0.5, 0.6) is 0 Å². The van der Waals surface area contributed by atoms with E-state index in [9.17, 15) is 27.9 Å². The highest BCUT2D eigenvalue weighted by atomic mass is 19.4. The molecular formula is C13H16F3N3O3. The molecule has 1 aromatic carbocycles. The minimum Gasteiger partial charge on any atom is -0.545 e. The van der Waals surface area contributed by atoms with Gasteiger partial charge in [0, 0.05) is 23.4 Å². The fraction of sp³-hybridized carbons (Fsp3) is 0.385. The number of alkyl halides is 3. The van der Waals surface area contributed by atoms with Gasteiger partial charge in [0.15, 0.2) is 0 Å². The summed E-state index contributed by atoms with van der Waals surface area (Å²) in [6, 6.07) is 3.34. The average Bonchev–Trinajstić information content (AvgIpc) is 3.15. The molecule has 0 heterocycles. The first-order chi connectivity index (χ1) is 9.66. The number of anilines is 1. The fourth-order valence-electron chi connectivity index (χ4n) is 1.95. The standard InChI is InChI=1S/C13H13F3N2O3.H3N/c14-13(15,16)12(3-4-12)6-18-10(19)7-1-2-8(11(20)21)9(17)5-7;/h1-2,5H,3-4,6,17H2,(H,18,19)(H,20,21);1H3. The molecule has 1 saturated carbocycles. The molecule has 0 aliphatic heterocycles. The highest BCUT2D eigenvalue weighted by molar-refractivity contribution is 5.98. The number of carbonyl (C=O) groups is 2. The van der Waals surface area contributed by atoms with Crippen LogP contribution in [0.15, 0.2) is 18.2 Å². The maximum atomic E-state index is 12.7. The Hall–Kier alpha value is -2.29. The summed E-state index contributed by atoms with van der Waals surface area (Å²) in [5.41, 5.74) is 3.15. The summed E-state index contributed by atoms with van der Waals surface area (Å²) in [6.07, 6.45) is -4.37. The number of rotatable bonds is 4. The van der Waals surface area contributed by atoms with Crippen molar-refractivity contribution < 1.29 is 27.9 Å². The van der Waals surface area contributed by atoms with E-state index in [2.05, 4.69) is 5.32 Å². The molecule has 0 spiro atoms. The number of nitrogen functional groups attached to an aromatic ring is 1. The number of benzene rings is 1. The van der Waals surface area contributed by atoms with Crippen molar-refractivity contribution in [1.82, 2.24) is 11.5 Å². The van der Waals surface area contributed by atoms with Gasteiger partial charge in [-0.3, -0.25) is 4.79 Å². The van der Waals surface area contributed by atoms with Gasteiger partial charge in [0.05, 0.1) is 11.4 Å². The van der Waals surface area contributed by atoms with Crippen LogP contribution in [0.3, 0.4) is 0 Å². The third kappa shape index (κ3) is 3.30. The maximum absolute atomic E-state index is 12.7. The predicted molar refractivity (Wildman–Crippen MR) is 71.2 cm³/mol. The minimum absolute atomic E-state index is 0. The van der Waals surface area contributed by atoms with Crippen LogP contribution in [-0.2, 0) is 0 Å². The Balaban J connectivity index is 0.00000242. The smallest absolute Gasteiger partial charge is 0.396 e. The average molecular weight is 319 g/mol. The minimum atomic E-state index is -4.35.